The lowest BCUT2D eigenvalue weighted by atomic mass is 10.1. The SMILES string of the molecule is COc1ncc(N2CCN(c3cc(COC(=O)NC(=N)N)cc(F)c3C#N)CC2)cn1. The number of carbonyl (C=O) groups is 1. The van der Waals surface area contributed by atoms with Gasteiger partial charge in [-0.25, -0.2) is 19.2 Å². The van der Waals surface area contributed by atoms with Crippen molar-refractivity contribution in [2.75, 3.05) is 43.1 Å². The van der Waals surface area contributed by atoms with Gasteiger partial charge in [0.15, 0.2) is 5.96 Å². The van der Waals surface area contributed by atoms with Crippen LogP contribution >= 0.6 is 0 Å². The van der Waals surface area contributed by atoms with Gasteiger partial charge in [-0.05, 0) is 17.7 Å². The molecule has 0 radical (unpaired) electrons. The number of hydrogen-bond donors (Lipinski definition) is 3. The van der Waals surface area contributed by atoms with E-state index < -0.39 is 17.9 Å². The van der Waals surface area contributed by atoms with Crippen molar-refractivity contribution in [3.8, 4) is 12.1 Å². The van der Waals surface area contributed by atoms with E-state index in [1.54, 1.807) is 18.5 Å². The fourth-order valence-corrected chi connectivity index (χ4v) is 3.17. The van der Waals surface area contributed by atoms with Crippen LogP contribution in [0.1, 0.15) is 11.1 Å². The Labute approximate surface area is 177 Å². The van der Waals surface area contributed by atoms with Gasteiger partial charge in [0.1, 0.15) is 24.1 Å². The largest absolute Gasteiger partial charge is 0.467 e. The van der Waals surface area contributed by atoms with Gasteiger partial charge in [0.05, 0.1) is 30.9 Å². The second-order valence-corrected chi connectivity index (χ2v) is 6.60. The number of methoxy groups -OCH3 is 1. The van der Waals surface area contributed by atoms with Crippen molar-refractivity contribution >= 4 is 23.4 Å². The third-order valence-electron chi connectivity index (χ3n) is 4.63. The van der Waals surface area contributed by atoms with E-state index in [9.17, 15) is 14.4 Å². The molecule has 0 aliphatic carbocycles. The Balaban J connectivity index is 1.71. The van der Waals surface area contributed by atoms with Crippen LogP contribution in [0.2, 0.25) is 0 Å². The number of anilines is 2. The average molecular weight is 428 g/mol. The van der Waals surface area contributed by atoms with Gasteiger partial charge in [0.2, 0.25) is 0 Å². The predicted octanol–water partition coefficient (Wildman–Crippen LogP) is 0.942. The number of nitrogens with zero attached hydrogens (tertiary/aromatic N) is 5. The molecule has 1 aromatic carbocycles. The molecule has 1 amide bonds. The smallest absolute Gasteiger partial charge is 0.414 e. The minimum atomic E-state index is -0.922. The molecule has 2 heterocycles. The molecule has 0 unspecified atom stereocenters. The summed E-state index contributed by atoms with van der Waals surface area (Å²) < 4.78 is 24.4. The number of nitrogens with two attached hydrogens (primary N) is 1. The van der Waals surface area contributed by atoms with Crippen LogP contribution in [0, 0.1) is 22.6 Å². The molecule has 0 spiro atoms. The lowest BCUT2D eigenvalue weighted by Gasteiger charge is -2.37. The highest BCUT2D eigenvalue weighted by molar-refractivity contribution is 5.90. The average Bonchev–Trinajstić information content (AvgIpc) is 2.77. The van der Waals surface area contributed by atoms with Crippen molar-refractivity contribution in [3.05, 3.63) is 41.5 Å². The summed E-state index contributed by atoms with van der Waals surface area (Å²) in [6, 6.07) is 4.96. The molecule has 1 aliphatic heterocycles. The number of rotatable bonds is 5. The number of carbonyl (C=O) groups excluding carboxylic acids is 1. The van der Waals surface area contributed by atoms with Crippen molar-refractivity contribution in [1.82, 2.24) is 15.3 Å². The van der Waals surface area contributed by atoms with E-state index in [0.717, 1.165) is 11.8 Å². The number of aromatic nitrogens is 2. The Kier molecular flexibility index (Phi) is 6.66. The van der Waals surface area contributed by atoms with Gasteiger partial charge in [-0.1, -0.05) is 0 Å². The van der Waals surface area contributed by atoms with Crippen molar-refractivity contribution < 1.29 is 18.7 Å². The number of nitriles is 1. The molecule has 31 heavy (non-hydrogen) atoms. The molecule has 0 saturated carbocycles. The van der Waals surface area contributed by atoms with Crippen molar-refractivity contribution in [1.29, 1.82) is 10.7 Å². The Bertz CT molecular complexity index is 1000. The molecular formula is C19H21FN8O3. The van der Waals surface area contributed by atoms with Crippen LogP contribution in [-0.4, -0.2) is 55.3 Å². The zero-order valence-electron chi connectivity index (χ0n) is 16.8. The number of nitrogens with one attached hydrogen (secondary N) is 2. The number of halogens is 1. The van der Waals surface area contributed by atoms with Crippen LogP contribution in [-0.2, 0) is 11.3 Å². The Morgan fingerprint density at radius 2 is 1.94 bits per heavy atom. The van der Waals surface area contributed by atoms with E-state index in [-0.39, 0.29) is 18.2 Å². The van der Waals surface area contributed by atoms with E-state index >= 15 is 0 Å². The standard InChI is InChI=1S/C19H21FN8O3/c1-30-18-24-9-13(10-25-18)27-2-4-28(5-3-27)16-7-12(6-15(20)14(16)8-21)11-31-19(29)26-17(22)23/h6-7,9-10H,2-5,11H2,1H3,(H4,22,23,26,29). The third kappa shape index (κ3) is 5.27. The predicted molar refractivity (Wildman–Crippen MR) is 109 cm³/mol. The number of piperazine rings is 1. The minimum Gasteiger partial charge on any atom is -0.467 e. The highest BCUT2D eigenvalue weighted by atomic mass is 19.1. The van der Waals surface area contributed by atoms with Gasteiger partial charge in [-0.3, -0.25) is 10.7 Å². The first kappa shape index (κ1) is 21.6. The van der Waals surface area contributed by atoms with E-state index in [0.29, 0.717) is 37.4 Å². The summed E-state index contributed by atoms with van der Waals surface area (Å²) in [5.74, 6) is -1.26. The summed E-state index contributed by atoms with van der Waals surface area (Å²) >= 11 is 0. The van der Waals surface area contributed by atoms with Crippen LogP contribution < -0.4 is 25.6 Å². The first-order valence-electron chi connectivity index (χ1n) is 9.27. The van der Waals surface area contributed by atoms with Gasteiger partial charge in [-0.15, -0.1) is 0 Å². The first-order valence-corrected chi connectivity index (χ1v) is 9.27. The molecule has 1 aliphatic rings. The van der Waals surface area contributed by atoms with E-state index in [4.69, 9.17) is 20.6 Å². The number of amides is 1. The zero-order valence-corrected chi connectivity index (χ0v) is 16.8. The summed E-state index contributed by atoms with van der Waals surface area (Å²) in [7, 11) is 1.49. The van der Waals surface area contributed by atoms with Crippen LogP contribution in [0.4, 0.5) is 20.6 Å². The fraction of sp³-hybridized carbons (Fsp3) is 0.316. The summed E-state index contributed by atoms with van der Waals surface area (Å²) in [4.78, 5) is 23.7. The Morgan fingerprint density at radius 3 is 2.52 bits per heavy atom. The number of hydrogen-bond acceptors (Lipinski definition) is 9. The third-order valence-corrected chi connectivity index (χ3v) is 4.63. The topological polar surface area (TPSA) is 153 Å². The second kappa shape index (κ2) is 9.57. The molecule has 1 fully saturated rings. The molecule has 1 aromatic heterocycles. The van der Waals surface area contributed by atoms with Gasteiger partial charge in [-0.2, -0.15) is 5.26 Å². The molecule has 11 nitrogen and oxygen atoms in total. The van der Waals surface area contributed by atoms with Crippen LogP contribution in [0.5, 0.6) is 6.01 Å². The fourth-order valence-electron chi connectivity index (χ4n) is 3.17. The lowest BCUT2D eigenvalue weighted by molar-refractivity contribution is 0.145. The quantitative estimate of drug-likeness (QED) is 0.466. The molecular weight excluding hydrogens is 407 g/mol. The normalized spacial score (nSPS) is 13.3. The molecule has 1 saturated heterocycles. The Morgan fingerprint density at radius 1 is 1.29 bits per heavy atom. The Hall–Kier alpha value is -4.14. The zero-order chi connectivity index (χ0) is 22.4. The summed E-state index contributed by atoms with van der Waals surface area (Å²) in [6.45, 7) is 2.07. The highest BCUT2D eigenvalue weighted by Gasteiger charge is 2.23. The first-order chi connectivity index (χ1) is 14.9. The van der Waals surface area contributed by atoms with Crippen molar-refractivity contribution in [2.24, 2.45) is 5.73 Å². The molecule has 3 rings (SSSR count). The minimum absolute atomic E-state index is 0.0711. The summed E-state index contributed by atoms with van der Waals surface area (Å²) in [5, 5.41) is 18.4. The maximum Gasteiger partial charge on any atom is 0.414 e. The van der Waals surface area contributed by atoms with Gasteiger partial charge in [0.25, 0.3) is 0 Å². The van der Waals surface area contributed by atoms with Crippen LogP contribution in [0.15, 0.2) is 24.5 Å². The highest BCUT2D eigenvalue weighted by Crippen LogP contribution is 2.27. The summed E-state index contributed by atoms with van der Waals surface area (Å²) in [6.07, 6.45) is 2.42. The number of alkyl carbamates (subject to hydrolysis) is 1. The number of guanidine groups is 1. The summed E-state index contributed by atoms with van der Waals surface area (Å²) in [5.41, 5.74) is 6.63. The van der Waals surface area contributed by atoms with Gasteiger partial charge < -0.3 is 25.0 Å². The molecule has 4 N–H and O–H groups in total. The monoisotopic (exact) mass is 428 g/mol. The lowest BCUT2D eigenvalue weighted by Crippen LogP contribution is -2.47. The molecule has 12 heteroatoms. The van der Waals surface area contributed by atoms with Crippen LogP contribution in [0.3, 0.4) is 0 Å². The number of ether oxygens (including phenoxy) is 2. The molecule has 0 bridgehead atoms. The van der Waals surface area contributed by atoms with E-state index in [2.05, 4.69) is 14.9 Å². The van der Waals surface area contributed by atoms with Crippen molar-refractivity contribution in [3.63, 3.8) is 0 Å². The van der Waals surface area contributed by atoms with Crippen molar-refractivity contribution in [2.45, 2.75) is 6.61 Å². The number of benzene rings is 1. The molecule has 2 aromatic rings. The van der Waals surface area contributed by atoms with Crippen LogP contribution in [0.25, 0.3) is 0 Å². The van der Waals surface area contributed by atoms with E-state index in [1.807, 2.05) is 16.3 Å². The second-order valence-electron chi connectivity index (χ2n) is 6.60. The maximum atomic E-state index is 14.5. The molecule has 0 atom stereocenters. The van der Waals surface area contributed by atoms with E-state index in [1.165, 1.54) is 7.11 Å². The van der Waals surface area contributed by atoms with Gasteiger partial charge >= 0.3 is 12.1 Å². The maximum absolute atomic E-state index is 14.5. The molecule has 162 valence electrons. The van der Waals surface area contributed by atoms with Gasteiger partial charge in [0, 0.05) is 26.2 Å².